The van der Waals surface area contributed by atoms with Crippen molar-refractivity contribution in [3.05, 3.63) is 12.2 Å². The number of hydrogen-bond donors (Lipinski definition) is 12. The normalized spacial score (nSPS) is 31.2. The molecule has 1 amide bonds. The molecule has 442 valence electrons. The predicted molar refractivity (Wildman–Crippen MR) is 282 cm³/mol. The van der Waals surface area contributed by atoms with E-state index >= 15 is 0 Å². The molecule has 0 saturated carbocycles. The van der Waals surface area contributed by atoms with Crippen molar-refractivity contribution in [3.8, 4) is 0 Å². The van der Waals surface area contributed by atoms with E-state index in [1.54, 1.807) is 0 Å². The summed E-state index contributed by atoms with van der Waals surface area (Å²) in [5.74, 6) is -0.247. The van der Waals surface area contributed by atoms with Gasteiger partial charge in [-0.25, -0.2) is 0 Å². The first-order valence-electron chi connectivity index (χ1n) is 29.4. The highest BCUT2D eigenvalue weighted by Crippen LogP contribution is 2.33. The Kier molecular flexibility index (Phi) is 36.8. The molecule has 0 aromatic carbocycles. The number of aliphatic hydroxyl groups is 11. The molecule has 3 aliphatic rings. The highest BCUT2D eigenvalue weighted by atomic mass is 16.8. The Morgan fingerprint density at radius 1 is 0.467 bits per heavy atom. The van der Waals surface area contributed by atoms with Crippen molar-refractivity contribution >= 4 is 5.91 Å². The van der Waals surface area contributed by atoms with E-state index in [0.717, 1.165) is 57.8 Å². The van der Waals surface area contributed by atoms with Gasteiger partial charge in [0, 0.05) is 6.42 Å². The van der Waals surface area contributed by atoms with Gasteiger partial charge in [-0.05, 0) is 38.5 Å². The van der Waals surface area contributed by atoms with Crippen LogP contribution in [0.2, 0.25) is 0 Å². The van der Waals surface area contributed by atoms with Crippen molar-refractivity contribution in [2.24, 2.45) is 0 Å². The fraction of sp³-hybridized carbons (Fsp3) is 0.946. The van der Waals surface area contributed by atoms with Gasteiger partial charge in [-0.2, -0.15) is 0 Å². The standard InChI is InChI=1S/C56H105NO18/c1-3-5-7-9-11-13-15-17-18-19-20-21-22-24-26-28-30-32-34-44(62)57-39(40(61)33-31-29-27-25-23-16-14-12-10-8-6-4-2)38-70-54-50(68)47(65)52(42(36-59)72-54)75-56-51(69)48(66)53(43(37-60)73-56)74-55-49(67)46(64)45(63)41(35-58)71-55/h18-19,39-43,45-56,58-61,63-69H,3-17,20-38H2,1-2H3,(H,57,62)/b19-18-. The fourth-order valence-corrected chi connectivity index (χ4v) is 10.2. The van der Waals surface area contributed by atoms with Crippen molar-refractivity contribution < 1.29 is 89.4 Å². The molecule has 3 aliphatic heterocycles. The first-order valence-corrected chi connectivity index (χ1v) is 29.4. The van der Waals surface area contributed by atoms with E-state index in [1.165, 1.54) is 116 Å². The molecule has 0 radical (unpaired) electrons. The van der Waals surface area contributed by atoms with Crippen LogP contribution in [-0.2, 0) is 33.2 Å². The second-order valence-corrected chi connectivity index (χ2v) is 21.5. The Morgan fingerprint density at radius 3 is 1.29 bits per heavy atom. The SMILES string of the molecule is CCCCCCCCC/C=C\CCCCCCCCCC(=O)NC(COC1OC(CO)C(OC2OC(CO)C(OC3OC(CO)C(O)C(O)C3O)C(O)C2O)C(O)C1O)C(O)CCCCCCCCCCCCCC. The van der Waals surface area contributed by atoms with Crippen molar-refractivity contribution in [3.63, 3.8) is 0 Å². The summed E-state index contributed by atoms with van der Waals surface area (Å²) in [5, 5.41) is 120. The Hall–Kier alpha value is -1.47. The zero-order valence-electron chi connectivity index (χ0n) is 45.8. The topological polar surface area (TPSA) is 307 Å². The van der Waals surface area contributed by atoms with Crippen LogP contribution in [0.4, 0.5) is 0 Å². The van der Waals surface area contributed by atoms with E-state index in [9.17, 15) is 61.0 Å². The lowest BCUT2D eigenvalue weighted by Crippen LogP contribution is -2.66. The maximum Gasteiger partial charge on any atom is 0.220 e. The average Bonchev–Trinajstić information content (AvgIpc) is 3.41. The van der Waals surface area contributed by atoms with Crippen LogP contribution in [0.25, 0.3) is 0 Å². The van der Waals surface area contributed by atoms with Crippen LogP contribution in [0.5, 0.6) is 0 Å². The van der Waals surface area contributed by atoms with E-state index in [1.807, 2.05) is 0 Å². The Bertz CT molecular complexity index is 1430. The smallest absolute Gasteiger partial charge is 0.220 e. The second kappa shape index (κ2) is 40.7. The van der Waals surface area contributed by atoms with E-state index in [2.05, 4.69) is 31.3 Å². The summed E-state index contributed by atoms with van der Waals surface area (Å²) in [6, 6.07) is -0.884. The maximum absolute atomic E-state index is 13.3. The van der Waals surface area contributed by atoms with Gasteiger partial charge in [0.2, 0.25) is 5.91 Å². The van der Waals surface area contributed by atoms with Crippen LogP contribution in [0.15, 0.2) is 12.2 Å². The molecule has 3 saturated heterocycles. The van der Waals surface area contributed by atoms with E-state index in [0.29, 0.717) is 12.8 Å². The Labute approximate surface area is 448 Å². The van der Waals surface area contributed by atoms with Gasteiger partial charge in [-0.3, -0.25) is 4.79 Å². The molecule has 0 bridgehead atoms. The average molecular weight is 1080 g/mol. The molecular weight excluding hydrogens is 975 g/mol. The van der Waals surface area contributed by atoms with Crippen LogP contribution in [0.3, 0.4) is 0 Å². The summed E-state index contributed by atoms with van der Waals surface area (Å²) in [6.45, 7) is 1.77. The number of hydrogen-bond acceptors (Lipinski definition) is 18. The van der Waals surface area contributed by atoms with E-state index < -0.39 is 124 Å². The minimum absolute atomic E-state index is 0.247. The molecule has 0 aromatic rings. The highest BCUT2D eigenvalue weighted by Gasteiger charge is 2.53. The van der Waals surface area contributed by atoms with Gasteiger partial charge in [0.1, 0.15) is 73.2 Å². The van der Waals surface area contributed by atoms with Gasteiger partial charge in [0.15, 0.2) is 18.9 Å². The number of carbonyl (C=O) groups is 1. The molecule has 12 N–H and O–H groups in total. The minimum Gasteiger partial charge on any atom is -0.394 e. The molecule has 17 atom stereocenters. The summed E-state index contributed by atoms with van der Waals surface area (Å²) in [7, 11) is 0. The van der Waals surface area contributed by atoms with E-state index in [4.69, 9.17) is 28.4 Å². The molecule has 19 nitrogen and oxygen atoms in total. The zero-order chi connectivity index (χ0) is 54.8. The highest BCUT2D eigenvalue weighted by molar-refractivity contribution is 5.76. The maximum atomic E-state index is 13.3. The fourth-order valence-electron chi connectivity index (χ4n) is 10.2. The zero-order valence-corrected chi connectivity index (χ0v) is 45.8. The third-order valence-corrected chi connectivity index (χ3v) is 15.1. The molecule has 0 aliphatic carbocycles. The Morgan fingerprint density at radius 2 is 0.840 bits per heavy atom. The van der Waals surface area contributed by atoms with Crippen LogP contribution in [-0.4, -0.2) is 193 Å². The van der Waals surface area contributed by atoms with Gasteiger partial charge in [0.25, 0.3) is 0 Å². The van der Waals surface area contributed by atoms with Crippen molar-refractivity contribution in [1.29, 1.82) is 0 Å². The molecular formula is C56H105NO18. The molecule has 3 heterocycles. The summed E-state index contributed by atoms with van der Waals surface area (Å²) in [5.41, 5.74) is 0. The second-order valence-electron chi connectivity index (χ2n) is 21.5. The van der Waals surface area contributed by atoms with Gasteiger partial charge >= 0.3 is 0 Å². The van der Waals surface area contributed by atoms with Gasteiger partial charge in [-0.15, -0.1) is 0 Å². The molecule has 75 heavy (non-hydrogen) atoms. The van der Waals surface area contributed by atoms with Crippen molar-refractivity contribution in [1.82, 2.24) is 5.32 Å². The van der Waals surface area contributed by atoms with Gasteiger partial charge in [-0.1, -0.05) is 174 Å². The quantitative estimate of drug-likeness (QED) is 0.0293. The molecule has 0 aromatic heterocycles. The van der Waals surface area contributed by atoms with Crippen LogP contribution >= 0.6 is 0 Å². The summed E-state index contributed by atoms with van der Waals surface area (Å²) >= 11 is 0. The first-order chi connectivity index (χ1) is 36.3. The third-order valence-electron chi connectivity index (χ3n) is 15.1. The van der Waals surface area contributed by atoms with Crippen LogP contribution < -0.4 is 5.32 Å². The number of aliphatic hydroxyl groups excluding tert-OH is 11. The predicted octanol–water partition coefficient (Wildman–Crippen LogP) is 4.60. The number of carbonyl (C=O) groups excluding carboxylic acids is 1. The summed E-state index contributed by atoms with van der Waals surface area (Å²) < 4.78 is 34.3. The molecule has 17 unspecified atom stereocenters. The number of nitrogens with one attached hydrogen (secondary N) is 1. The molecule has 3 fully saturated rings. The summed E-state index contributed by atoms with van der Waals surface area (Å²) in [4.78, 5) is 13.3. The molecule has 0 spiro atoms. The van der Waals surface area contributed by atoms with Gasteiger partial charge < -0.3 is 89.9 Å². The number of ether oxygens (including phenoxy) is 6. The summed E-state index contributed by atoms with van der Waals surface area (Å²) in [6.07, 6.45) is 11.6. The minimum atomic E-state index is -1.97. The molecule has 3 rings (SSSR count). The number of allylic oxidation sites excluding steroid dienone is 2. The third kappa shape index (κ3) is 25.3. The van der Waals surface area contributed by atoms with Crippen molar-refractivity contribution in [2.75, 3.05) is 26.4 Å². The lowest BCUT2D eigenvalue weighted by Gasteiger charge is -2.48. The lowest BCUT2D eigenvalue weighted by atomic mass is 9.96. The first kappa shape index (κ1) is 67.8. The van der Waals surface area contributed by atoms with Gasteiger partial charge in [0.05, 0.1) is 38.6 Å². The molecule has 19 heteroatoms. The van der Waals surface area contributed by atoms with E-state index in [-0.39, 0.29) is 18.9 Å². The van der Waals surface area contributed by atoms with Crippen LogP contribution in [0, 0.1) is 0 Å². The number of amides is 1. The largest absolute Gasteiger partial charge is 0.394 e. The monoisotopic (exact) mass is 1080 g/mol. The number of unbranched alkanes of at least 4 members (excludes halogenated alkanes) is 25. The van der Waals surface area contributed by atoms with Crippen molar-refractivity contribution in [2.45, 2.75) is 311 Å². The van der Waals surface area contributed by atoms with Crippen LogP contribution in [0.1, 0.15) is 206 Å². The Balaban J connectivity index is 1.50. The lowest BCUT2D eigenvalue weighted by molar-refractivity contribution is -0.379. The number of rotatable bonds is 43.